The zero-order valence-electron chi connectivity index (χ0n) is 9.80. The van der Waals surface area contributed by atoms with Crippen molar-refractivity contribution in [3.63, 3.8) is 0 Å². The van der Waals surface area contributed by atoms with Crippen LogP contribution in [0.5, 0.6) is 0 Å². The van der Waals surface area contributed by atoms with E-state index in [0.717, 1.165) is 31.2 Å². The maximum absolute atomic E-state index is 12.4. The van der Waals surface area contributed by atoms with Gasteiger partial charge in [-0.05, 0) is 37.8 Å². The maximum atomic E-state index is 12.4. The second kappa shape index (κ2) is 3.99. The van der Waals surface area contributed by atoms with Crippen molar-refractivity contribution in [2.75, 3.05) is 0 Å². The molecule has 1 aromatic heterocycles. The van der Waals surface area contributed by atoms with Gasteiger partial charge < -0.3 is 4.90 Å². The Morgan fingerprint density at radius 3 is 2.41 bits per heavy atom. The highest BCUT2D eigenvalue weighted by Gasteiger charge is 2.40. The van der Waals surface area contributed by atoms with Crippen molar-refractivity contribution in [3.8, 4) is 0 Å². The fourth-order valence-corrected chi connectivity index (χ4v) is 3.09. The number of amides is 1. The van der Waals surface area contributed by atoms with Crippen LogP contribution >= 0.6 is 0 Å². The summed E-state index contributed by atoms with van der Waals surface area (Å²) in [5, 5.41) is 0. The molecule has 0 saturated carbocycles. The van der Waals surface area contributed by atoms with E-state index in [-0.39, 0.29) is 5.91 Å². The van der Waals surface area contributed by atoms with Gasteiger partial charge in [-0.15, -0.1) is 0 Å². The summed E-state index contributed by atoms with van der Waals surface area (Å²) >= 11 is 0. The van der Waals surface area contributed by atoms with E-state index in [9.17, 15) is 4.79 Å². The van der Waals surface area contributed by atoms with Crippen LogP contribution in [0.4, 0.5) is 0 Å². The molecule has 88 valence electrons. The molecule has 17 heavy (non-hydrogen) atoms. The van der Waals surface area contributed by atoms with Crippen LogP contribution in [-0.4, -0.2) is 27.9 Å². The van der Waals surface area contributed by atoms with Gasteiger partial charge in [0.2, 0.25) is 0 Å². The molecule has 2 unspecified atom stereocenters. The summed E-state index contributed by atoms with van der Waals surface area (Å²) in [5.74, 6) is 0.160. The first-order valence-electron chi connectivity index (χ1n) is 6.15. The predicted octanol–water partition coefficient (Wildman–Crippen LogP) is 2.40. The lowest BCUT2D eigenvalue weighted by Crippen LogP contribution is -2.44. The van der Waals surface area contributed by atoms with Crippen LogP contribution in [0.15, 0.2) is 36.7 Å². The third-order valence-electron chi connectivity index (χ3n) is 3.83. The van der Waals surface area contributed by atoms with E-state index in [2.05, 4.69) is 16.5 Å². The van der Waals surface area contributed by atoms with E-state index in [1.54, 1.807) is 24.5 Å². The summed E-state index contributed by atoms with van der Waals surface area (Å²) in [6, 6.07) is 4.35. The van der Waals surface area contributed by atoms with Gasteiger partial charge in [-0.2, -0.15) is 0 Å². The molecule has 1 amide bonds. The molecule has 2 aliphatic heterocycles. The van der Waals surface area contributed by atoms with Crippen LogP contribution < -0.4 is 0 Å². The topological polar surface area (TPSA) is 33.2 Å². The molecule has 2 fully saturated rings. The molecule has 1 aromatic rings. The Bertz CT molecular complexity index is 439. The minimum atomic E-state index is 0.160. The number of pyridine rings is 1. The second-order valence-corrected chi connectivity index (χ2v) is 4.99. The van der Waals surface area contributed by atoms with Crippen LogP contribution in [-0.2, 0) is 0 Å². The average Bonchev–Trinajstić information content (AvgIpc) is 2.62. The van der Waals surface area contributed by atoms with Crippen LogP contribution in [0.3, 0.4) is 0 Å². The molecule has 2 aliphatic rings. The van der Waals surface area contributed by atoms with Gasteiger partial charge in [-0.25, -0.2) is 0 Å². The van der Waals surface area contributed by atoms with E-state index in [1.165, 1.54) is 5.57 Å². The number of hydrogen-bond donors (Lipinski definition) is 0. The van der Waals surface area contributed by atoms with E-state index < -0.39 is 0 Å². The highest BCUT2D eigenvalue weighted by molar-refractivity contribution is 5.94. The third kappa shape index (κ3) is 1.75. The highest BCUT2D eigenvalue weighted by Crippen LogP contribution is 2.38. The number of hydrogen-bond acceptors (Lipinski definition) is 2. The van der Waals surface area contributed by atoms with Crippen molar-refractivity contribution < 1.29 is 4.79 Å². The Balaban J connectivity index is 1.86. The summed E-state index contributed by atoms with van der Waals surface area (Å²) in [6.45, 7) is 4.07. The molecule has 3 heteroatoms. The number of nitrogens with zero attached hydrogens (tertiary/aromatic N) is 2. The molecular weight excluding hydrogens is 212 g/mol. The van der Waals surface area contributed by atoms with Crippen LogP contribution in [0.2, 0.25) is 0 Å². The molecule has 3 heterocycles. The SMILES string of the molecule is C=C1CC2CCC(C1)N2C(=O)c1ccncc1. The Hall–Kier alpha value is -1.64. The summed E-state index contributed by atoms with van der Waals surface area (Å²) in [6.07, 6.45) is 7.57. The quantitative estimate of drug-likeness (QED) is 0.691. The molecule has 3 rings (SSSR count). The first-order chi connectivity index (χ1) is 8.25. The van der Waals surface area contributed by atoms with Gasteiger partial charge in [0.15, 0.2) is 0 Å². The second-order valence-electron chi connectivity index (χ2n) is 4.99. The van der Waals surface area contributed by atoms with Crippen LogP contribution in [0.25, 0.3) is 0 Å². The molecule has 2 bridgehead atoms. The number of carbonyl (C=O) groups excluding carboxylic acids is 1. The normalized spacial score (nSPS) is 27.3. The number of aromatic nitrogens is 1. The van der Waals surface area contributed by atoms with Gasteiger partial charge in [-0.3, -0.25) is 9.78 Å². The van der Waals surface area contributed by atoms with Crippen molar-refractivity contribution in [2.45, 2.75) is 37.8 Å². The van der Waals surface area contributed by atoms with E-state index in [1.807, 2.05) is 0 Å². The average molecular weight is 228 g/mol. The van der Waals surface area contributed by atoms with E-state index >= 15 is 0 Å². The van der Waals surface area contributed by atoms with Gasteiger partial charge in [-0.1, -0.05) is 12.2 Å². The zero-order chi connectivity index (χ0) is 11.8. The first-order valence-corrected chi connectivity index (χ1v) is 6.15. The van der Waals surface area contributed by atoms with Gasteiger partial charge in [0.25, 0.3) is 5.91 Å². The Labute approximate surface area is 101 Å². The third-order valence-corrected chi connectivity index (χ3v) is 3.83. The lowest BCUT2D eigenvalue weighted by Gasteiger charge is -2.36. The van der Waals surface area contributed by atoms with Crippen molar-refractivity contribution in [2.24, 2.45) is 0 Å². The number of fused-ring (bicyclic) bond motifs is 2. The molecule has 0 aromatic carbocycles. The Morgan fingerprint density at radius 1 is 1.24 bits per heavy atom. The molecule has 0 N–H and O–H groups in total. The van der Waals surface area contributed by atoms with E-state index in [0.29, 0.717) is 12.1 Å². The van der Waals surface area contributed by atoms with Gasteiger partial charge in [0.05, 0.1) is 0 Å². The standard InChI is InChI=1S/C14H16N2O/c1-10-8-12-2-3-13(9-10)16(12)14(17)11-4-6-15-7-5-11/h4-7,12-13H,1-3,8-9H2. The molecule has 0 spiro atoms. The fourth-order valence-electron chi connectivity index (χ4n) is 3.09. The lowest BCUT2D eigenvalue weighted by molar-refractivity contribution is 0.0635. The first kappa shape index (κ1) is 10.5. The molecule has 3 nitrogen and oxygen atoms in total. The molecule has 0 aliphatic carbocycles. The summed E-state index contributed by atoms with van der Waals surface area (Å²) in [7, 11) is 0. The number of rotatable bonds is 1. The monoisotopic (exact) mass is 228 g/mol. The van der Waals surface area contributed by atoms with Crippen molar-refractivity contribution in [1.29, 1.82) is 0 Å². The number of carbonyl (C=O) groups is 1. The molecule has 0 radical (unpaired) electrons. The predicted molar refractivity (Wildman–Crippen MR) is 65.6 cm³/mol. The van der Waals surface area contributed by atoms with Gasteiger partial charge >= 0.3 is 0 Å². The van der Waals surface area contributed by atoms with Crippen LogP contribution in [0.1, 0.15) is 36.0 Å². The maximum Gasteiger partial charge on any atom is 0.254 e. The molecule has 2 saturated heterocycles. The van der Waals surface area contributed by atoms with Crippen molar-refractivity contribution in [1.82, 2.24) is 9.88 Å². The fraction of sp³-hybridized carbons (Fsp3) is 0.429. The Morgan fingerprint density at radius 2 is 1.82 bits per heavy atom. The minimum Gasteiger partial charge on any atom is -0.332 e. The highest BCUT2D eigenvalue weighted by atomic mass is 16.2. The Kier molecular flexibility index (Phi) is 2.46. The number of piperidine rings is 1. The van der Waals surface area contributed by atoms with E-state index in [4.69, 9.17) is 0 Å². The zero-order valence-corrected chi connectivity index (χ0v) is 9.80. The largest absolute Gasteiger partial charge is 0.332 e. The summed E-state index contributed by atoms with van der Waals surface area (Å²) in [5.41, 5.74) is 2.06. The molecular formula is C14H16N2O. The summed E-state index contributed by atoms with van der Waals surface area (Å²) < 4.78 is 0. The molecule has 2 atom stereocenters. The van der Waals surface area contributed by atoms with Crippen molar-refractivity contribution >= 4 is 5.91 Å². The van der Waals surface area contributed by atoms with Crippen LogP contribution in [0, 0.1) is 0 Å². The lowest BCUT2D eigenvalue weighted by atomic mass is 9.97. The summed E-state index contributed by atoms with van der Waals surface area (Å²) in [4.78, 5) is 18.5. The van der Waals surface area contributed by atoms with Gasteiger partial charge in [0.1, 0.15) is 0 Å². The smallest absolute Gasteiger partial charge is 0.254 e. The minimum absolute atomic E-state index is 0.160. The van der Waals surface area contributed by atoms with Crippen molar-refractivity contribution in [3.05, 3.63) is 42.2 Å². The van der Waals surface area contributed by atoms with Gasteiger partial charge in [0, 0.05) is 30.0 Å².